The lowest BCUT2D eigenvalue weighted by Crippen LogP contribution is -2.31. The van der Waals surface area contributed by atoms with Crippen molar-refractivity contribution in [1.82, 2.24) is 0 Å². The first-order valence-corrected chi connectivity index (χ1v) is 7.44. The predicted octanol–water partition coefficient (Wildman–Crippen LogP) is 1.94. The molecule has 2 rings (SSSR count). The zero-order valence-corrected chi connectivity index (χ0v) is 12.1. The van der Waals surface area contributed by atoms with Gasteiger partial charge in [0.25, 0.3) is 0 Å². The fourth-order valence-corrected chi connectivity index (χ4v) is 2.69. The van der Waals surface area contributed by atoms with Crippen LogP contribution < -0.4 is 11.1 Å². The smallest absolute Gasteiger partial charge is 0.304 e. The number of benzene rings is 1. The van der Waals surface area contributed by atoms with E-state index in [2.05, 4.69) is 11.4 Å². The van der Waals surface area contributed by atoms with Crippen LogP contribution in [0.1, 0.15) is 36.8 Å². The van der Waals surface area contributed by atoms with Gasteiger partial charge in [0.15, 0.2) is 0 Å². The molecule has 0 fully saturated rings. The van der Waals surface area contributed by atoms with Gasteiger partial charge in [-0.05, 0) is 49.4 Å². The first-order chi connectivity index (χ1) is 10.1. The maximum Gasteiger partial charge on any atom is 0.304 e. The molecule has 4 N–H and O–H groups in total. The third kappa shape index (κ3) is 4.29. The van der Waals surface area contributed by atoms with Crippen LogP contribution in [0.4, 0.5) is 5.69 Å². The second-order valence-corrected chi connectivity index (χ2v) is 5.58. The molecule has 0 radical (unpaired) electrons. The monoisotopic (exact) mass is 290 g/mol. The van der Waals surface area contributed by atoms with E-state index in [1.807, 2.05) is 12.1 Å². The standard InChI is InChI=1S/C16H22N2O3/c17-7-3-1-2-4-11-5-6-12-9-13(10-15(19)20)16(21)18-14(12)8-11/h5-6,8,13H,1-4,7,9-10,17H2,(H,18,21)(H,19,20). The molecule has 5 nitrogen and oxygen atoms in total. The van der Waals surface area contributed by atoms with Crippen LogP contribution in [0.15, 0.2) is 18.2 Å². The highest BCUT2D eigenvalue weighted by molar-refractivity contribution is 5.97. The van der Waals surface area contributed by atoms with E-state index < -0.39 is 11.9 Å². The number of carboxylic acid groups (broad SMARTS) is 1. The van der Waals surface area contributed by atoms with Gasteiger partial charge < -0.3 is 16.2 Å². The number of aliphatic carboxylic acids is 1. The third-order valence-electron chi connectivity index (χ3n) is 3.86. The Bertz CT molecular complexity index is 528. The quantitative estimate of drug-likeness (QED) is 0.669. The summed E-state index contributed by atoms with van der Waals surface area (Å²) in [4.78, 5) is 22.7. The van der Waals surface area contributed by atoms with E-state index in [-0.39, 0.29) is 12.3 Å². The molecule has 1 aromatic carbocycles. The molecule has 0 saturated heterocycles. The van der Waals surface area contributed by atoms with E-state index in [0.717, 1.165) is 43.5 Å². The minimum atomic E-state index is -0.935. The molecule has 1 heterocycles. The Kier molecular flexibility index (Phi) is 5.33. The maximum absolute atomic E-state index is 11.9. The lowest BCUT2D eigenvalue weighted by Gasteiger charge is -2.24. The molecule has 1 unspecified atom stereocenters. The highest BCUT2D eigenvalue weighted by Crippen LogP contribution is 2.28. The SMILES string of the molecule is NCCCCCc1ccc2c(c1)NC(=O)C(CC(=O)O)C2. The van der Waals surface area contributed by atoms with Crippen molar-refractivity contribution in [3.05, 3.63) is 29.3 Å². The zero-order valence-electron chi connectivity index (χ0n) is 12.1. The number of rotatable bonds is 7. The Morgan fingerprint density at radius 2 is 2.14 bits per heavy atom. The summed E-state index contributed by atoms with van der Waals surface area (Å²) in [5, 5.41) is 11.7. The van der Waals surface area contributed by atoms with E-state index in [9.17, 15) is 9.59 Å². The van der Waals surface area contributed by atoms with Gasteiger partial charge in [0.2, 0.25) is 5.91 Å². The summed E-state index contributed by atoms with van der Waals surface area (Å²) in [6.45, 7) is 0.727. The molecule has 1 aliphatic rings. The first kappa shape index (κ1) is 15.5. The largest absolute Gasteiger partial charge is 0.481 e. The molecule has 0 bridgehead atoms. The molecule has 1 atom stereocenters. The number of nitrogens with two attached hydrogens (primary N) is 1. The van der Waals surface area contributed by atoms with Crippen LogP contribution in [0, 0.1) is 5.92 Å². The highest BCUT2D eigenvalue weighted by atomic mass is 16.4. The second-order valence-electron chi connectivity index (χ2n) is 5.58. The second kappa shape index (κ2) is 7.22. The fourth-order valence-electron chi connectivity index (χ4n) is 2.69. The van der Waals surface area contributed by atoms with Crippen molar-refractivity contribution in [2.24, 2.45) is 11.7 Å². The molecule has 0 aliphatic carbocycles. The van der Waals surface area contributed by atoms with Crippen LogP contribution in [0.3, 0.4) is 0 Å². The molecule has 1 aromatic rings. The summed E-state index contributed by atoms with van der Waals surface area (Å²) in [5.41, 5.74) is 8.52. The van der Waals surface area contributed by atoms with Gasteiger partial charge in [-0.3, -0.25) is 9.59 Å². The van der Waals surface area contributed by atoms with E-state index in [4.69, 9.17) is 10.8 Å². The number of hydrogen-bond acceptors (Lipinski definition) is 3. The van der Waals surface area contributed by atoms with Crippen molar-refractivity contribution in [1.29, 1.82) is 0 Å². The minimum Gasteiger partial charge on any atom is -0.481 e. The van der Waals surface area contributed by atoms with Crippen molar-refractivity contribution in [3.63, 3.8) is 0 Å². The summed E-state index contributed by atoms with van der Waals surface area (Å²) >= 11 is 0. The Morgan fingerprint density at radius 1 is 1.33 bits per heavy atom. The average Bonchev–Trinajstić information content (AvgIpc) is 2.44. The number of unbranched alkanes of at least 4 members (excludes halogenated alkanes) is 2. The predicted molar refractivity (Wildman–Crippen MR) is 81.1 cm³/mol. The van der Waals surface area contributed by atoms with Crippen molar-refractivity contribution < 1.29 is 14.7 Å². The van der Waals surface area contributed by atoms with Gasteiger partial charge >= 0.3 is 5.97 Å². The minimum absolute atomic E-state index is 0.119. The topological polar surface area (TPSA) is 92.4 Å². The third-order valence-corrected chi connectivity index (χ3v) is 3.86. The Balaban J connectivity index is 2.00. The van der Waals surface area contributed by atoms with Gasteiger partial charge in [-0.25, -0.2) is 0 Å². The van der Waals surface area contributed by atoms with Crippen LogP contribution in [0.2, 0.25) is 0 Å². The summed E-state index contributed by atoms with van der Waals surface area (Å²) in [6, 6.07) is 6.07. The highest BCUT2D eigenvalue weighted by Gasteiger charge is 2.28. The zero-order chi connectivity index (χ0) is 15.2. The van der Waals surface area contributed by atoms with E-state index in [1.54, 1.807) is 0 Å². The lowest BCUT2D eigenvalue weighted by molar-refractivity contribution is -0.140. The summed E-state index contributed by atoms with van der Waals surface area (Å²) in [6.07, 6.45) is 4.60. The van der Waals surface area contributed by atoms with Gasteiger partial charge in [-0.2, -0.15) is 0 Å². The fraction of sp³-hybridized carbons (Fsp3) is 0.500. The van der Waals surface area contributed by atoms with Crippen molar-refractivity contribution >= 4 is 17.6 Å². The number of hydrogen-bond donors (Lipinski definition) is 3. The average molecular weight is 290 g/mol. The van der Waals surface area contributed by atoms with Crippen LogP contribution >= 0.6 is 0 Å². The van der Waals surface area contributed by atoms with Gasteiger partial charge in [0, 0.05) is 5.69 Å². The number of amides is 1. The number of nitrogens with one attached hydrogen (secondary N) is 1. The lowest BCUT2D eigenvalue weighted by atomic mass is 9.89. The number of carbonyl (C=O) groups excluding carboxylic acids is 1. The summed E-state index contributed by atoms with van der Waals surface area (Å²) in [7, 11) is 0. The van der Waals surface area contributed by atoms with Gasteiger partial charge in [0.1, 0.15) is 0 Å². The number of anilines is 1. The molecule has 21 heavy (non-hydrogen) atoms. The molecular weight excluding hydrogens is 268 g/mol. The van der Waals surface area contributed by atoms with Crippen LogP contribution in [-0.2, 0) is 22.4 Å². The number of carbonyl (C=O) groups is 2. The molecule has 1 aliphatic heterocycles. The van der Waals surface area contributed by atoms with Crippen molar-refractivity contribution in [2.45, 2.75) is 38.5 Å². The molecule has 0 aromatic heterocycles. The Morgan fingerprint density at radius 3 is 2.86 bits per heavy atom. The van der Waals surface area contributed by atoms with Crippen molar-refractivity contribution in [2.75, 3.05) is 11.9 Å². The molecular formula is C16H22N2O3. The van der Waals surface area contributed by atoms with Crippen molar-refractivity contribution in [3.8, 4) is 0 Å². The summed E-state index contributed by atoms with van der Waals surface area (Å²) in [5.74, 6) is -1.59. The van der Waals surface area contributed by atoms with E-state index in [0.29, 0.717) is 6.42 Å². The Labute approximate surface area is 124 Å². The molecule has 5 heteroatoms. The molecule has 0 spiro atoms. The van der Waals surface area contributed by atoms with Crippen LogP contribution in [0.5, 0.6) is 0 Å². The van der Waals surface area contributed by atoms with E-state index >= 15 is 0 Å². The first-order valence-electron chi connectivity index (χ1n) is 7.44. The maximum atomic E-state index is 11.9. The molecule has 0 saturated carbocycles. The Hall–Kier alpha value is -1.88. The van der Waals surface area contributed by atoms with Crippen LogP contribution in [0.25, 0.3) is 0 Å². The van der Waals surface area contributed by atoms with Gasteiger partial charge in [0.05, 0.1) is 12.3 Å². The number of aryl methyl sites for hydroxylation is 1. The molecule has 114 valence electrons. The van der Waals surface area contributed by atoms with Gasteiger partial charge in [-0.1, -0.05) is 18.6 Å². The normalized spacial score (nSPS) is 17.2. The van der Waals surface area contributed by atoms with Gasteiger partial charge in [-0.15, -0.1) is 0 Å². The van der Waals surface area contributed by atoms with E-state index in [1.165, 1.54) is 5.56 Å². The summed E-state index contributed by atoms with van der Waals surface area (Å²) < 4.78 is 0. The number of fused-ring (bicyclic) bond motifs is 1. The molecule has 1 amide bonds. The van der Waals surface area contributed by atoms with Crippen LogP contribution in [-0.4, -0.2) is 23.5 Å². The number of carboxylic acids is 1.